The molecule has 0 spiro atoms. The molecular weight excluding hydrogens is 725 g/mol. The Morgan fingerprint density at radius 1 is 0.650 bits per heavy atom. The van der Waals surface area contributed by atoms with Gasteiger partial charge in [-0.2, -0.15) is 0 Å². The predicted molar refractivity (Wildman–Crippen MR) is 263 cm³/mol. The van der Waals surface area contributed by atoms with Gasteiger partial charge in [-0.15, -0.1) is 12.3 Å². The first-order chi connectivity index (χ1) is 29.4. The molecule has 0 aliphatic carbocycles. The summed E-state index contributed by atoms with van der Waals surface area (Å²) in [5.41, 5.74) is 16.5. The second-order valence-corrected chi connectivity index (χ2v) is 14.8. The zero-order valence-electron chi connectivity index (χ0n) is 35.4. The van der Waals surface area contributed by atoms with Crippen molar-refractivity contribution in [2.24, 2.45) is 0 Å². The molecule has 0 saturated carbocycles. The predicted octanol–water partition coefficient (Wildman–Crippen LogP) is 15.9. The van der Waals surface area contributed by atoms with Gasteiger partial charge in [0.2, 0.25) is 0 Å². The first kappa shape index (κ1) is 40.8. The topological polar surface area (TPSA) is 9.86 Å². The molecule has 60 heavy (non-hydrogen) atoms. The molecule has 0 bridgehead atoms. The van der Waals surface area contributed by atoms with E-state index in [1.54, 1.807) is 6.92 Å². The van der Waals surface area contributed by atoms with Crippen molar-refractivity contribution in [3.05, 3.63) is 217 Å². The van der Waals surface area contributed by atoms with Crippen LogP contribution in [0, 0.1) is 19.3 Å². The Morgan fingerprint density at radius 2 is 1.33 bits per heavy atom. The van der Waals surface area contributed by atoms with E-state index in [2.05, 4.69) is 237 Å². The summed E-state index contributed by atoms with van der Waals surface area (Å²) in [4.78, 5) is 0. The van der Waals surface area contributed by atoms with Gasteiger partial charge < -0.3 is 9.13 Å². The van der Waals surface area contributed by atoms with Crippen LogP contribution in [0.25, 0.3) is 78.0 Å². The van der Waals surface area contributed by atoms with Gasteiger partial charge in [-0.05, 0) is 140 Å². The van der Waals surface area contributed by atoms with E-state index < -0.39 is 0 Å². The van der Waals surface area contributed by atoms with Gasteiger partial charge in [0.15, 0.2) is 0 Å². The smallest absolute Gasteiger partial charge is 0.0547 e. The number of allylic oxidation sites excluding steroid dienone is 10. The normalized spacial score (nSPS) is 12.2. The Hall–Kier alpha value is -7.34. The number of hydrogen-bond acceptors (Lipinski definition) is 0. The van der Waals surface area contributed by atoms with E-state index in [9.17, 15) is 0 Å². The Bertz CT molecular complexity index is 3000. The summed E-state index contributed by atoms with van der Waals surface area (Å²) in [5.74, 6) is 2.25. The van der Waals surface area contributed by atoms with Crippen LogP contribution in [0.3, 0.4) is 0 Å². The van der Waals surface area contributed by atoms with Gasteiger partial charge in [0, 0.05) is 33.2 Å². The monoisotopic (exact) mass is 776 g/mol. The van der Waals surface area contributed by atoms with Gasteiger partial charge >= 0.3 is 0 Å². The lowest BCUT2D eigenvalue weighted by molar-refractivity contribution is 1.12. The maximum absolute atomic E-state index is 4.60. The lowest BCUT2D eigenvalue weighted by Crippen LogP contribution is -1.99. The lowest BCUT2D eigenvalue weighted by Gasteiger charge is -2.15. The Labute approximate surface area is 356 Å². The largest absolute Gasteiger partial charge is 0.310 e. The molecule has 0 saturated heterocycles. The number of rotatable bonds is 11. The molecule has 8 aromatic rings. The van der Waals surface area contributed by atoms with Crippen molar-refractivity contribution in [1.29, 1.82) is 0 Å². The highest BCUT2D eigenvalue weighted by atomic mass is 15.0. The highest BCUT2D eigenvalue weighted by Gasteiger charge is 2.18. The third-order valence-electron chi connectivity index (χ3n) is 10.9. The van der Waals surface area contributed by atoms with E-state index in [1.807, 2.05) is 13.0 Å². The van der Waals surface area contributed by atoms with Crippen molar-refractivity contribution in [1.82, 2.24) is 9.13 Å². The first-order valence-corrected chi connectivity index (χ1v) is 20.7. The maximum atomic E-state index is 4.60. The first-order valence-electron chi connectivity index (χ1n) is 20.7. The van der Waals surface area contributed by atoms with Crippen LogP contribution in [-0.2, 0) is 6.42 Å². The number of hydrogen-bond donors (Lipinski definition) is 0. The molecular formula is C58H52N2. The standard InChI is InChI=1S/C55H48N2.C3H4/c1-6-10-23-41(9-4)45-34-46(42-24-15-12-16-25-42)36-48(35-45)57-53-27-18-17-26-49(53)50-32-29-44(38-55(50)57)43-30-33-54-51(37-43)39(5)52(20-8-3)56(54)47(19-7-2)31-28-40-21-13-11-14-22-40;1-3-2/h6-27,29-38H,4,28H2,1-3,5H3;1H,2H3/b10-6-,19-7-,20-8-,41-23+,47-31+;. The summed E-state index contributed by atoms with van der Waals surface area (Å²) in [5, 5.41) is 3.71. The SMILES string of the molecule is C#CC.C=C/C(=C\C=C/C)c1cc(-c2ccccc2)cc(-n2c3ccccc3c3ccc(-c4ccc5c(c4)c(C)c(/C=C\C)n5C(/C=C\C)=C/Cc4ccccc4)cc32)c1. The number of terminal acetylenes is 1. The maximum Gasteiger partial charge on any atom is 0.0547 e. The highest BCUT2D eigenvalue weighted by molar-refractivity contribution is 6.10. The van der Waals surface area contributed by atoms with Gasteiger partial charge in [0.1, 0.15) is 0 Å². The van der Waals surface area contributed by atoms with Crippen LogP contribution in [0.2, 0.25) is 0 Å². The summed E-state index contributed by atoms with van der Waals surface area (Å²) in [6.45, 7) is 14.3. The van der Waals surface area contributed by atoms with Crippen molar-refractivity contribution >= 4 is 50.1 Å². The van der Waals surface area contributed by atoms with E-state index >= 15 is 0 Å². The third-order valence-corrected chi connectivity index (χ3v) is 10.9. The summed E-state index contributed by atoms with van der Waals surface area (Å²) in [7, 11) is 0. The highest BCUT2D eigenvalue weighted by Crippen LogP contribution is 2.39. The summed E-state index contributed by atoms with van der Waals surface area (Å²) in [6, 6.07) is 50.9. The number of benzene rings is 6. The number of aryl methyl sites for hydroxylation is 1. The van der Waals surface area contributed by atoms with Crippen molar-refractivity contribution in [2.45, 2.75) is 41.0 Å². The molecule has 0 aliphatic rings. The summed E-state index contributed by atoms with van der Waals surface area (Å²) < 4.78 is 4.85. The van der Waals surface area contributed by atoms with Gasteiger partial charge in [0.05, 0.1) is 16.6 Å². The molecule has 0 atom stereocenters. The fourth-order valence-electron chi connectivity index (χ4n) is 8.14. The van der Waals surface area contributed by atoms with E-state index in [0.29, 0.717) is 0 Å². The molecule has 8 rings (SSSR count). The molecule has 0 radical (unpaired) electrons. The minimum absolute atomic E-state index is 0.858. The van der Waals surface area contributed by atoms with E-state index in [1.165, 1.54) is 71.9 Å². The molecule has 0 aliphatic heterocycles. The quantitative estimate of drug-likeness (QED) is 0.0915. The number of aromatic nitrogens is 2. The second kappa shape index (κ2) is 18.9. The van der Waals surface area contributed by atoms with Gasteiger partial charge in [-0.3, -0.25) is 0 Å². The van der Waals surface area contributed by atoms with Gasteiger partial charge in [-0.25, -0.2) is 0 Å². The minimum Gasteiger partial charge on any atom is -0.310 e. The number of fused-ring (bicyclic) bond motifs is 4. The Balaban J connectivity index is 0.00000176. The molecule has 2 nitrogen and oxygen atoms in total. The van der Waals surface area contributed by atoms with E-state index in [-0.39, 0.29) is 0 Å². The molecule has 0 unspecified atom stereocenters. The van der Waals surface area contributed by atoms with Gasteiger partial charge in [-0.1, -0.05) is 146 Å². The lowest BCUT2D eigenvalue weighted by atomic mass is 9.97. The molecule has 0 fully saturated rings. The zero-order chi connectivity index (χ0) is 42.0. The van der Waals surface area contributed by atoms with Crippen molar-refractivity contribution in [2.75, 3.05) is 0 Å². The molecule has 294 valence electrons. The van der Waals surface area contributed by atoms with Crippen LogP contribution < -0.4 is 0 Å². The summed E-state index contributed by atoms with van der Waals surface area (Å²) in [6.07, 6.45) is 24.8. The zero-order valence-corrected chi connectivity index (χ0v) is 35.4. The average Bonchev–Trinajstić information content (AvgIpc) is 3.76. The van der Waals surface area contributed by atoms with E-state index in [0.717, 1.165) is 28.8 Å². The molecule has 2 heteroatoms. The molecule has 2 heterocycles. The van der Waals surface area contributed by atoms with Crippen LogP contribution in [0.1, 0.15) is 50.1 Å². The van der Waals surface area contributed by atoms with Gasteiger partial charge in [0.25, 0.3) is 0 Å². The van der Waals surface area contributed by atoms with E-state index in [4.69, 9.17) is 0 Å². The Morgan fingerprint density at radius 3 is 2.05 bits per heavy atom. The summed E-state index contributed by atoms with van der Waals surface area (Å²) >= 11 is 0. The second-order valence-electron chi connectivity index (χ2n) is 14.8. The van der Waals surface area contributed by atoms with Crippen molar-refractivity contribution in [3.8, 4) is 40.3 Å². The van der Waals surface area contributed by atoms with Crippen LogP contribution >= 0.6 is 0 Å². The molecule has 0 amide bonds. The fraction of sp³-hybridized carbons (Fsp3) is 0.103. The van der Waals surface area contributed by atoms with Crippen molar-refractivity contribution < 1.29 is 0 Å². The Kier molecular flexibility index (Phi) is 12.9. The van der Waals surface area contributed by atoms with Crippen LogP contribution in [0.5, 0.6) is 0 Å². The van der Waals surface area contributed by atoms with Crippen LogP contribution in [0.4, 0.5) is 0 Å². The minimum atomic E-state index is 0.858. The molecule has 6 aromatic carbocycles. The molecule has 0 N–H and O–H groups in total. The average molecular weight is 777 g/mol. The van der Waals surface area contributed by atoms with Crippen LogP contribution in [-0.4, -0.2) is 9.13 Å². The number of para-hydroxylation sites is 1. The van der Waals surface area contributed by atoms with Crippen molar-refractivity contribution in [3.63, 3.8) is 0 Å². The molecule has 2 aromatic heterocycles. The number of nitrogens with zero attached hydrogens (tertiary/aromatic N) is 2. The third kappa shape index (κ3) is 8.30. The fourth-order valence-corrected chi connectivity index (χ4v) is 8.14. The van der Waals surface area contributed by atoms with Crippen LogP contribution in [0.15, 0.2) is 195 Å².